The molecule has 1 aliphatic heterocycles. The molecule has 1 heterocycles. The number of ether oxygens (including phenoxy) is 2. The quantitative estimate of drug-likeness (QED) is 0.778. The topological polar surface area (TPSA) is 55.9 Å². The molecule has 4 heteroatoms. The molecule has 0 amide bonds. The van der Waals surface area contributed by atoms with Gasteiger partial charge in [0.15, 0.2) is 0 Å². The molecule has 1 atom stereocenters. The zero-order chi connectivity index (χ0) is 14.0. The Bertz CT molecular complexity index is 651. The van der Waals surface area contributed by atoms with Crippen molar-refractivity contribution in [2.75, 3.05) is 0 Å². The van der Waals surface area contributed by atoms with Crippen LogP contribution in [0.3, 0.4) is 0 Å². The highest BCUT2D eigenvalue weighted by Gasteiger charge is 2.64. The average molecular weight is 267 g/mol. The van der Waals surface area contributed by atoms with Gasteiger partial charge in [-0.2, -0.15) is 0 Å². The van der Waals surface area contributed by atoms with E-state index in [0.717, 1.165) is 11.1 Å². The fraction of sp³-hybridized carbons (Fsp3) is 0.125. The molecule has 0 bridgehead atoms. The molecule has 0 aromatic heterocycles. The van der Waals surface area contributed by atoms with Gasteiger partial charge in [0, 0.05) is 0 Å². The molecule has 0 aliphatic carbocycles. The van der Waals surface area contributed by atoms with E-state index in [1.165, 1.54) is 6.47 Å². The maximum atomic E-state index is 11.5. The molecule has 3 rings (SSSR count). The predicted molar refractivity (Wildman–Crippen MR) is 70.2 cm³/mol. The van der Waals surface area contributed by atoms with Gasteiger partial charge in [0.25, 0.3) is 0 Å². The highest BCUT2D eigenvalue weighted by atomic mass is 16.8. The fourth-order valence-corrected chi connectivity index (χ4v) is 2.26. The van der Waals surface area contributed by atoms with Crippen LogP contribution in [0.25, 0.3) is 0 Å². The van der Waals surface area contributed by atoms with Crippen molar-refractivity contribution in [2.24, 2.45) is 0 Å². The van der Waals surface area contributed by atoms with E-state index in [1.807, 2.05) is 42.5 Å². The first-order valence-corrected chi connectivity index (χ1v) is 6.17. The number of cyclic esters (lactones) is 1. The van der Waals surface area contributed by atoms with Gasteiger partial charge in [-0.1, -0.05) is 54.6 Å². The third kappa shape index (κ3) is 2.05. The zero-order valence-electron chi connectivity index (χ0n) is 10.5. The van der Waals surface area contributed by atoms with E-state index in [-0.39, 0.29) is 0 Å². The van der Waals surface area contributed by atoms with Gasteiger partial charge in [0.2, 0.25) is 0 Å². The first-order chi connectivity index (χ1) is 9.76. The van der Waals surface area contributed by atoms with E-state index >= 15 is 0 Å². The zero-order valence-corrected chi connectivity index (χ0v) is 10.5. The second-order valence-corrected chi connectivity index (χ2v) is 4.51. The molecule has 1 unspecified atom stereocenters. The van der Waals surface area contributed by atoms with E-state index in [1.54, 1.807) is 12.1 Å². The summed E-state index contributed by atoms with van der Waals surface area (Å²) in [5.74, 6) is -2.16. The van der Waals surface area contributed by atoms with E-state index in [4.69, 9.17) is 9.47 Å². The van der Waals surface area contributed by atoms with Gasteiger partial charge in [-0.05, 0) is 17.5 Å². The first-order valence-electron chi connectivity index (χ1n) is 6.17. The number of epoxide rings is 1. The maximum absolute atomic E-state index is 11.5. The summed E-state index contributed by atoms with van der Waals surface area (Å²) in [4.78, 5) is 21.9. The fourth-order valence-electron chi connectivity index (χ4n) is 2.26. The van der Waals surface area contributed by atoms with Gasteiger partial charge in [0.05, 0.1) is 5.56 Å². The highest BCUT2D eigenvalue weighted by Crippen LogP contribution is 2.43. The molecule has 20 heavy (non-hydrogen) atoms. The molecule has 0 saturated carbocycles. The normalized spacial score (nSPS) is 20.1. The largest absolute Gasteiger partial charge is 0.421 e. The molecule has 99 valence electrons. The molecule has 2 aromatic carbocycles. The molecule has 4 nitrogen and oxygen atoms in total. The van der Waals surface area contributed by atoms with E-state index in [0.29, 0.717) is 12.0 Å². The van der Waals surface area contributed by atoms with Gasteiger partial charge in [0.1, 0.15) is 0 Å². The molecule has 1 radical (unpaired) electrons. The van der Waals surface area contributed by atoms with Crippen LogP contribution in [0.15, 0.2) is 54.6 Å². The molecular weight excluding hydrogens is 256 g/mol. The van der Waals surface area contributed by atoms with Crippen molar-refractivity contribution in [3.63, 3.8) is 0 Å². The lowest BCUT2D eigenvalue weighted by molar-refractivity contribution is -0.118. The van der Waals surface area contributed by atoms with Crippen LogP contribution in [-0.2, 0) is 31.3 Å². The standard InChI is InChI=1S/C16H11O4/c17-11-19-16(15(18)20-16)14-9-5-4-8-13(14)10-12-6-2-1-3-7-12/h1-9H,10H2. The third-order valence-electron chi connectivity index (χ3n) is 3.26. The summed E-state index contributed by atoms with van der Waals surface area (Å²) in [6.07, 6.45) is 0.623. The second-order valence-electron chi connectivity index (χ2n) is 4.51. The summed E-state index contributed by atoms with van der Waals surface area (Å²) < 4.78 is 9.63. The second kappa shape index (κ2) is 4.81. The van der Waals surface area contributed by atoms with Crippen molar-refractivity contribution in [2.45, 2.75) is 12.2 Å². The number of hydrogen-bond donors (Lipinski definition) is 0. The van der Waals surface area contributed by atoms with Crippen molar-refractivity contribution in [1.29, 1.82) is 0 Å². The third-order valence-corrected chi connectivity index (χ3v) is 3.26. The predicted octanol–water partition coefficient (Wildman–Crippen LogP) is 2.07. The van der Waals surface area contributed by atoms with Crippen molar-refractivity contribution in [3.05, 3.63) is 71.3 Å². The molecular formula is C16H11O4. The lowest BCUT2D eigenvalue weighted by Crippen LogP contribution is -2.17. The molecule has 1 saturated heterocycles. The summed E-state index contributed by atoms with van der Waals surface area (Å²) in [7, 11) is 0. The van der Waals surface area contributed by atoms with Crippen molar-refractivity contribution < 1.29 is 19.1 Å². The van der Waals surface area contributed by atoms with Crippen LogP contribution < -0.4 is 0 Å². The maximum Gasteiger partial charge on any atom is 0.421 e. The number of benzene rings is 2. The van der Waals surface area contributed by atoms with E-state index in [2.05, 4.69) is 0 Å². The van der Waals surface area contributed by atoms with Gasteiger partial charge < -0.3 is 9.47 Å². The Balaban J connectivity index is 1.97. The van der Waals surface area contributed by atoms with E-state index in [9.17, 15) is 9.59 Å². The Kier molecular flexibility index (Phi) is 2.99. The molecule has 0 N–H and O–H groups in total. The Hall–Kier alpha value is -2.62. The summed E-state index contributed by atoms with van der Waals surface area (Å²) in [6, 6.07) is 17.1. The van der Waals surface area contributed by atoms with Crippen LogP contribution in [0.2, 0.25) is 0 Å². The lowest BCUT2D eigenvalue weighted by Gasteiger charge is -2.11. The van der Waals surface area contributed by atoms with Crippen LogP contribution in [0, 0.1) is 0 Å². The Labute approximate surface area is 115 Å². The number of carbonyl (C=O) groups excluding carboxylic acids is 2. The number of rotatable bonds is 5. The Morgan fingerprint density at radius 3 is 2.35 bits per heavy atom. The SMILES string of the molecule is O=[C]OC1(c2ccccc2Cc2ccccc2)OC1=O. The molecule has 0 spiro atoms. The summed E-state index contributed by atoms with van der Waals surface area (Å²) in [6.45, 7) is 1.29. The lowest BCUT2D eigenvalue weighted by atomic mass is 9.96. The van der Waals surface area contributed by atoms with Crippen molar-refractivity contribution in [1.82, 2.24) is 0 Å². The van der Waals surface area contributed by atoms with Gasteiger partial charge in [-0.3, -0.25) is 0 Å². The number of hydrogen-bond acceptors (Lipinski definition) is 4. The summed E-state index contributed by atoms with van der Waals surface area (Å²) >= 11 is 0. The number of carbonyl (C=O) groups is 1. The smallest absolute Gasteiger partial charge is 0.402 e. The van der Waals surface area contributed by atoms with Crippen LogP contribution in [0.5, 0.6) is 0 Å². The molecule has 1 fully saturated rings. The minimum absolute atomic E-state index is 0.553. The minimum Gasteiger partial charge on any atom is -0.402 e. The van der Waals surface area contributed by atoms with Crippen LogP contribution in [-0.4, -0.2) is 12.4 Å². The van der Waals surface area contributed by atoms with Gasteiger partial charge in [-0.15, -0.1) is 0 Å². The Morgan fingerprint density at radius 2 is 1.70 bits per heavy atom. The van der Waals surface area contributed by atoms with Crippen LogP contribution >= 0.6 is 0 Å². The van der Waals surface area contributed by atoms with Crippen LogP contribution in [0.1, 0.15) is 16.7 Å². The Morgan fingerprint density at radius 1 is 1.05 bits per heavy atom. The average Bonchev–Trinajstić information content (AvgIpc) is 3.12. The summed E-state index contributed by atoms with van der Waals surface area (Å²) in [5.41, 5.74) is 2.52. The van der Waals surface area contributed by atoms with Gasteiger partial charge in [-0.25, -0.2) is 9.59 Å². The highest BCUT2D eigenvalue weighted by molar-refractivity contribution is 5.93. The van der Waals surface area contributed by atoms with Crippen molar-refractivity contribution >= 4 is 12.4 Å². The molecule has 1 aliphatic rings. The van der Waals surface area contributed by atoms with E-state index < -0.39 is 11.8 Å². The first kappa shape index (κ1) is 12.4. The summed E-state index contributed by atoms with van der Waals surface area (Å²) in [5, 5.41) is 0. The minimum atomic E-state index is -1.59. The monoisotopic (exact) mass is 267 g/mol. The van der Waals surface area contributed by atoms with Crippen molar-refractivity contribution in [3.8, 4) is 0 Å². The van der Waals surface area contributed by atoms with Crippen LogP contribution in [0.4, 0.5) is 0 Å². The molecule has 2 aromatic rings. The van der Waals surface area contributed by atoms with Gasteiger partial charge >= 0.3 is 18.2 Å².